The van der Waals surface area contributed by atoms with Gasteiger partial charge < -0.3 is 5.32 Å². The Morgan fingerprint density at radius 3 is 2.40 bits per heavy atom. The summed E-state index contributed by atoms with van der Waals surface area (Å²) in [6, 6.07) is 0. The Balaban J connectivity index is 1.99. The molecule has 15 heavy (non-hydrogen) atoms. The lowest BCUT2D eigenvalue weighted by Gasteiger charge is -2.28. The Hall–Kier alpha value is -0.0400. The number of rotatable bonds is 7. The number of hydrogen-bond acceptors (Lipinski definition) is 1. The number of piperidine rings is 1. The normalized spacial score (nSPS) is 20.4. The van der Waals surface area contributed by atoms with Crippen LogP contribution >= 0.6 is 0 Å². The quantitative estimate of drug-likeness (QED) is 0.628. The van der Waals surface area contributed by atoms with Crippen LogP contribution in [0.1, 0.15) is 65.2 Å². The predicted molar refractivity (Wildman–Crippen MR) is 68.1 cm³/mol. The predicted octanol–water partition coefficient (Wildman–Crippen LogP) is 3.98. The van der Waals surface area contributed by atoms with Gasteiger partial charge in [0.1, 0.15) is 0 Å². The van der Waals surface area contributed by atoms with E-state index in [1.165, 1.54) is 64.5 Å². The second-order valence-corrected chi connectivity index (χ2v) is 5.27. The molecule has 1 aliphatic rings. The molecular weight excluding hydrogens is 182 g/mol. The lowest BCUT2D eigenvalue weighted by atomic mass is 9.83. The Labute approximate surface area is 96.0 Å². The molecule has 1 rings (SSSR count). The third-order valence-electron chi connectivity index (χ3n) is 3.95. The second kappa shape index (κ2) is 8.15. The van der Waals surface area contributed by atoms with E-state index in [1.807, 2.05) is 0 Å². The highest BCUT2D eigenvalue weighted by Crippen LogP contribution is 2.26. The molecule has 1 atom stereocenters. The Bertz CT molecular complexity index is 138. The van der Waals surface area contributed by atoms with E-state index in [9.17, 15) is 0 Å². The Morgan fingerprint density at radius 2 is 1.73 bits per heavy atom. The van der Waals surface area contributed by atoms with Crippen LogP contribution in [0.15, 0.2) is 0 Å². The van der Waals surface area contributed by atoms with Crippen LogP contribution in [0.3, 0.4) is 0 Å². The van der Waals surface area contributed by atoms with Crippen molar-refractivity contribution < 1.29 is 0 Å². The molecule has 0 saturated carbocycles. The first-order valence-electron chi connectivity index (χ1n) is 7.05. The van der Waals surface area contributed by atoms with Gasteiger partial charge in [0.2, 0.25) is 0 Å². The molecule has 1 aliphatic heterocycles. The molecule has 1 N–H and O–H groups in total. The monoisotopic (exact) mass is 211 g/mol. The van der Waals surface area contributed by atoms with Crippen LogP contribution in [0.5, 0.6) is 0 Å². The first-order valence-corrected chi connectivity index (χ1v) is 7.05. The van der Waals surface area contributed by atoms with Gasteiger partial charge in [-0.25, -0.2) is 0 Å². The van der Waals surface area contributed by atoms with Crippen molar-refractivity contribution in [2.45, 2.75) is 65.2 Å². The van der Waals surface area contributed by atoms with Crippen molar-refractivity contribution in [3.05, 3.63) is 0 Å². The molecule has 0 aromatic heterocycles. The molecule has 1 saturated heterocycles. The summed E-state index contributed by atoms with van der Waals surface area (Å²) in [6.07, 6.45) is 11.5. The van der Waals surface area contributed by atoms with Gasteiger partial charge in [-0.1, -0.05) is 52.4 Å². The van der Waals surface area contributed by atoms with Gasteiger partial charge in [-0.05, 0) is 37.8 Å². The average Bonchev–Trinajstić information content (AvgIpc) is 2.30. The summed E-state index contributed by atoms with van der Waals surface area (Å²) >= 11 is 0. The zero-order chi connectivity index (χ0) is 10.9. The van der Waals surface area contributed by atoms with Crippen LogP contribution < -0.4 is 5.32 Å². The third-order valence-corrected chi connectivity index (χ3v) is 3.95. The summed E-state index contributed by atoms with van der Waals surface area (Å²) in [5.74, 6) is 1.98. The molecule has 0 aliphatic carbocycles. The van der Waals surface area contributed by atoms with Crippen molar-refractivity contribution in [3.63, 3.8) is 0 Å². The highest BCUT2D eigenvalue weighted by atomic mass is 14.9. The van der Waals surface area contributed by atoms with Gasteiger partial charge >= 0.3 is 0 Å². The smallest absolute Gasteiger partial charge is 0.00462 e. The SMILES string of the molecule is CCCCCCCC(C)C1CCNCC1. The van der Waals surface area contributed by atoms with E-state index in [2.05, 4.69) is 19.2 Å². The summed E-state index contributed by atoms with van der Waals surface area (Å²) < 4.78 is 0. The van der Waals surface area contributed by atoms with Crippen LogP contribution in [-0.4, -0.2) is 13.1 Å². The maximum absolute atomic E-state index is 3.45. The molecule has 0 spiro atoms. The van der Waals surface area contributed by atoms with E-state index >= 15 is 0 Å². The van der Waals surface area contributed by atoms with Gasteiger partial charge in [-0.2, -0.15) is 0 Å². The van der Waals surface area contributed by atoms with Gasteiger partial charge in [-0.15, -0.1) is 0 Å². The average molecular weight is 211 g/mol. The van der Waals surface area contributed by atoms with Crippen molar-refractivity contribution in [1.29, 1.82) is 0 Å². The summed E-state index contributed by atoms with van der Waals surface area (Å²) in [6.45, 7) is 7.27. The van der Waals surface area contributed by atoms with Crippen LogP contribution in [-0.2, 0) is 0 Å². The van der Waals surface area contributed by atoms with E-state index in [-0.39, 0.29) is 0 Å². The molecule has 0 aromatic rings. The number of nitrogens with one attached hydrogen (secondary N) is 1. The highest BCUT2D eigenvalue weighted by molar-refractivity contribution is 4.73. The standard InChI is InChI=1S/C14H29N/c1-3-4-5-6-7-8-13(2)14-9-11-15-12-10-14/h13-15H,3-12H2,1-2H3. The van der Waals surface area contributed by atoms with Gasteiger partial charge in [0, 0.05) is 0 Å². The van der Waals surface area contributed by atoms with E-state index in [1.54, 1.807) is 0 Å². The zero-order valence-corrected chi connectivity index (χ0v) is 10.7. The zero-order valence-electron chi connectivity index (χ0n) is 10.7. The molecule has 1 heterocycles. The summed E-state index contributed by atoms with van der Waals surface area (Å²) in [4.78, 5) is 0. The first kappa shape index (κ1) is 13.0. The fourth-order valence-electron chi connectivity index (χ4n) is 2.72. The molecule has 1 unspecified atom stereocenters. The van der Waals surface area contributed by atoms with Crippen molar-refractivity contribution in [3.8, 4) is 0 Å². The van der Waals surface area contributed by atoms with Crippen molar-refractivity contribution in [2.24, 2.45) is 11.8 Å². The first-order chi connectivity index (χ1) is 7.34. The molecule has 1 nitrogen and oxygen atoms in total. The largest absolute Gasteiger partial charge is 0.317 e. The molecule has 0 bridgehead atoms. The molecule has 90 valence electrons. The summed E-state index contributed by atoms with van der Waals surface area (Å²) in [5.41, 5.74) is 0. The number of unbranched alkanes of at least 4 members (excludes halogenated alkanes) is 4. The van der Waals surface area contributed by atoms with Crippen LogP contribution in [0.4, 0.5) is 0 Å². The molecular formula is C14H29N. The molecule has 1 fully saturated rings. The third kappa shape index (κ3) is 5.55. The van der Waals surface area contributed by atoms with Gasteiger partial charge in [0.15, 0.2) is 0 Å². The summed E-state index contributed by atoms with van der Waals surface area (Å²) in [7, 11) is 0. The fourth-order valence-corrected chi connectivity index (χ4v) is 2.72. The Kier molecular flexibility index (Phi) is 7.08. The van der Waals surface area contributed by atoms with Crippen LogP contribution in [0, 0.1) is 11.8 Å². The maximum Gasteiger partial charge on any atom is -0.00462 e. The molecule has 0 aromatic carbocycles. The van der Waals surface area contributed by atoms with Gasteiger partial charge in [0.25, 0.3) is 0 Å². The van der Waals surface area contributed by atoms with Gasteiger partial charge in [0.05, 0.1) is 0 Å². The molecule has 0 radical (unpaired) electrons. The lowest BCUT2D eigenvalue weighted by Crippen LogP contribution is -2.30. The Morgan fingerprint density at radius 1 is 1.07 bits per heavy atom. The van der Waals surface area contributed by atoms with Crippen molar-refractivity contribution in [1.82, 2.24) is 5.32 Å². The second-order valence-electron chi connectivity index (χ2n) is 5.27. The minimum absolute atomic E-state index is 0.966. The van der Waals surface area contributed by atoms with Crippen molar-refractivity contribution in [2.75, 3.05) is 13.1 Å². The fraction of sp³-hybridized carbons (Fsp3) is 1.00. The minimum Gasteiger partial charge on any atom is -0.317 e. The van der Waals surface area contributed by atoms with E-state index in [4.69, 9.17) is 0 Å². The molecule has 1 heteroatoms. The molecule has 0 amide bonds. The maximum atomic E-state index is 3.45. The van der Waals surface area contributed by atoms with Crippen LogP contribution in [0.25, 0.3) is 0 Å². The minimum atomic E-state index is 0.966. The van der Waals surface area contributed by atoms with Crippen LogP contribution in [0.2, 0.25) is 0 Å². The van der Waals surface area contributed by atoms with Gasteiger partial charge in [-0.3, -0.25) is 0 Å². The van der Waals surface area contributed by atoms with Crippen molar-refractivity contribution >= 4 is 0 Å². The number of hydrogen-bond donors (Lipinski definition) is 1. The van der Waals surface area contributed by atoms with E-state index < -0.39 is 0 Å². The highest BCUT2D eigenvalue weighted by Gasteiger charge is 2.18. The van der Waals surface area contributed by atoms with E-state index in [0.717, 1.165) is 11.8 Å². The van der Waals surface area contributed by atoms with E-state index in [0.29, 0.717) is 0 Å². The topological polar surface area (TPSA) is 12.0 Å². The summed E-state index contributed by atoms with van der Waals surface area (Å²) in [5, 5.41) is 3.45. The lowest BCUT2D eigenvalue weighted by molar-refractivity contribution is 0.258.